The number of rotatable bonds is 12. The van der Waals surface area contributed by atoms with Gasteiger partial charge in [-0.2, -0.15) is 0 Å². The fourth-order valence-electron chi connectivity index (χ4n) is 4.88. The van der Waals surface area contributed by atoms with Crippen molar-refractivity contribution in [1.82, 2.24) is 0 Å². The first kappa shape index (κ1) is 23.3. The molecular formula is C29H38O2. The quantitative estimate of drug-likeness (QED) is 0.350. The molecule has 0 aromatic heterocycles. The minimum absolute atomic E-state index is 0.510. The van der Waals surface area contributed by atoms with Gasteiger partial charge in [0.1, 0.15) is 0 Å². The third-order valence-electron chi connectivity index (χ3n) is 6.92. The Labute approximate surface area is 188 Å². The summed E-state index contributed by atoms with van der Waals surface area (Å²) in [5.41, 5.74) is 6.23. The van der Waals surface area contributed by atoms with Gasteiger partial charge >= 0.3 is 5.97 Å². The van der Waals surface area contributed by atoms with Crippen molar-refractivity contribution in [2.45, 2.75) is 84.0 Å². The maximum absolute atomic E-state index is 11.1. The van der Waals surface area contributed by atoms with Crippen LogP contribution in [0, 0.1) is 5.92 Å². The van der Waals surface area contributed by atoms with Crippen molar-refractivity contribution in [2.24, 2.45) is 5.92 Å². The van der Waals surface area contributed by atoms with Crippen LogP contribution in [0.1, 0.15) is 88.7 Å². The van der Waals surface area contributed by atoms with E-state index in [-0.39, 0.29) is 0 Å². The Morgan fingerprint density at radius 2 is 1.81 bits per heavy atom. The topological polar surface area (TPSA) is 37.3 Å². The van der Waals surface area contributed by atoms with E-state index in [0.717, 1.165) is 25.7 Å². The maximum atomic E-state index is 11.1. The standard InChI is InChI=1S/C29H38O2/c1-3-4-5-6-10-23-15-18-25(19-16-23)22(2)28-14-8-7-12-26(28)13-9-11-24-17-20-27(21-24)29(30)31/h7-8,12,15-20,22,28H,3-6,9-11,13-14,21H2,1-2H3,(H,30,31). The van der Waals surface area contributed by atoms with Crippen LogP contribution in [0.4, 0.5) is 0 Å². The zero-order chi connectivity index (χ0) is 22.1. The number of aryl methyl sites for hydroxylation is 1. The normalized spacial score (nSPS) is 19.0. The molecule has 0 spiro atoms. The highest BCUT2D eigenvalue weighted by atomic mass is 16.4. The Bertz CT molecular complexity index is 851. The number of allylic oxidation sites excluding steroid dienone is 7. The van der Waals surface area contributed by atoms with Crippen LogP contribution >= 0.6 is 0 Å². The molecule has 0 amide bonds. The average molecular weight is 419 g/mol. The summed E-state index contributed by atoms with van der Waals surface area (Å²) in [6.07, 6.45) is 21.9. The fourth-order valence-corrected chi connectivity index (χ4v) is 4.88. The van der Waals surface area contributed by atoms with Gasteiger partial charge in [0.2, 0.25) is 0 Å². The summed E-state index contributed by atoms with van der Waals surface area (Å²) in [6.45, 7) is 4.63. The molecule has 0 bridgehead atoms. The number of carboxylic acids is 1. The van der Waals surface area contributed by atoms with E-state index in [0.29, 0.717) is 23.8 Å². The van der Waals surface area contributed by atoms with Gasteiger partial charge in [-0.3, -0.25) is 0 Å². The molecule has 2 unspecified atom stereocenters. The van der Waals surface area contributed by atoms with Gasteiger partial charge in [-0.05, 0) is 61.5 Å². The smallest absolute Gasteiger partial charge is 0.331 e. The monoisotopic (exact) mass is 418 g/mol. The van der Waals surface area contributed by atoms with Crippen molar-refractivity contribution in [3.05, 3.63) is 82.5 Å². The van der Waals surface area contributed by atoms with E-state index in [9.17, 15) is 4.79 Å². The number of carbonyl (C=O) groups is 1. The number of carboxylic acid groups (broad SMARTS) is 1. The maximum Gasteiger partial charge on any atom is 0.331 e. The van der Waals surface area contributed by atoms with E-state index in [4.69, 9.17) is 5.11 Å². The van der Waals surface area contributed by atoms with Crippen LogP contribution in [-0.2, 0) is 11.2 Å². The lowest BCUT2D eigenvalue weighted by atomic mass is 9.76. The molecule has 0 fully saturated rings. The number of benzene rings is 1. The van der Waals surface area contributed by atoms with Crippen LogP contribution in [0.25, 0.3) is 0 Å². The largest absolute Gasteiger partial charge is 0.478 e. The Kier molecular flexibility index (Phi) is 8.94. The Balaban J connectivity index is 1.50. The summed E-state index contributed by atoms with van der Waals surface area (Å²) in [6, 6.07) is 9.36. The van der Waals surface area contributed by atoms with Gasteiger partial charge in [0.25, 0.3) is 0 Å². The van der Waals surface area contributed by atoms with Crippen LogP contribution in [0.15, 0.2) is 71.4 Å². The van der Waals surface area contributed by atoms with E-state index in [1.165, 1.54) is 48.8 Å². The first-order valence-electron chi connectivity index (χ1n) is 12.1. The zero-order valence-electron chi connectivity index (χ0n) is 19.3. The van der Waals surface area contributed by atoms with Gasteiger partial charge in [0.05, 0.1) is 0 Å². The van der Waals surface area contributed by atoms with E-state index in [1.807, 2.05) is 6.08 Å². The predicted molar refractivity (Wildman–Crippen MR) is 130 cm³/mol. The van der Waals surface area contributed by atoms with Gasteiger partial charge in [0, 0.05) is 12.0 Å². The van der Waals surface area contributed by atoms with E-state index in [1.54, 1.807) is 11.6 Å². The first-order valence-corrected chi connectivity index (χ1v) is 12.1. The number of hydrogen-bond acceptors (Lipinski definition) is 1. The fraction of sp³-hybridized carbons (Fsp3) is 0.483. The summed E-state index contributed by atoms with van der Waals surface area (Å²) in [7, 11) is 0. The summed E-state index contributed by atoms with van der Waals surface area (Å²) in [5.74, 6) is 0.286. The Hall–Kier alpha value is -2.35. The molecule has 1 aromatic carbocycles. The average Bonchev–Trinajstić information content (AvgIpc) is 3.26. The third kappa shape index (κ3) is 6.82. The lowest BCUT2D eigenvalue weighted by molar-refractivity contribution is -0.132. The summed E-state index contributed by atoms with van der Waals surface area (Å²) in [5, 5.41) is 9.13. The van der Waals surface area contributed by atoms with Crippen LogP contribution in [-0.4, -0.2) is 11.1 Å². The highest BCUT2D eigenvalue weighted by molar-refractivity contribution is 5.88. The van der Waals surface area contributed by atoms with Gasteiger partial charge in [0.15, 0.2) is 0 Å². The van der Waals surface area contributed by atoms with Crippen molar-refractivity contribution in [3.63, 3.8) is 0 Å². The van der Waals surface area contributed by atoms with E-state index >= 15 is 0 Å². The molecule has 31 heavy (non-hydrogen) atoms. The molecule has 0 heterocycles. The lowest BCUT2D eigenvalue weighted by Gasteiger charge is -2.28. The SMILES string of the molecule is CCCCCCc1ccc(C(C)C2CC=CC=C2CCCC2=CC=C(C(=O)O)C2)cc1. The van der Waals surface area contributed by atoms with Gasteiger partial charge < -0.3 is 5.11 Å². The van der Waals surface area contributed by atoms with Crippen LogP contribution in [0.2, 0.25) is 0 Å². The molecule has 3 rings (SSSR count). The molecule has 1 aromatic rings. The van der Waals surface area contributed by atoms with Crippen molar-refractivity contribution >= 4 is 5.97 Å². The van der Waals surface area contributed by atoms with Gasteiger partial charge in [-0.25, -0.2) is 4.79 Å². The molecule has 2 heteroatoms. The molecule has 2 aliphatic rings. The van der Waals surface area contributed by atoms with Crippen molar-refractivity contribution in [3.8, 4) is 0 Å². The highest BCUT2D eigenvalue weighted by Crippen LogP contribution is 2.37. The summed E-state index contributed by atoms with van der Waals surface area (Å²) in [4.78, 5) is 11.1. The van der Waals surface area contributed by atoms with Crippen LogP contribution < -0.4 is 0 Å². The second-order valence-corrected chi connectivity index (χ2v) is 9.21. The van der Waals surface area contributed by atoms with Crippen molar-refractivity contribution < 1.29 is 9.90 Å². The van der Waals surface area contributed by atoms with Crippen molar-refractivity contribution in [2.75, 3.05) is 0 Å². The molecule has 0 radical (unpaired) electrons. The van der Waals surface area contributed by atoms with Crippen LogP contribution in [0.3, 0.4) is 0 Å². The number of hydrogen-bond donors (Lipinski definition) is 1. The molecular weight excluding hydrogens is 380 g/mol. The number of aliphatic carboxylic acids is 1. The second-order valence-electron chi connectivity index (χ2n) is 9.21. The van der Waals surface area contributed by atoms with Crippen molar-refractivity contribution in [1.29, 1.82) is 0 Å². The van der Waals surface area contributed by atoms with E-state index < -0.39 is 5.97 Å². The minimum atomic E-state index is -0.785. The predicted octanol–water partition coefficient (Wildman–Crippen LogP) is 7.93. The highest BCUT2D eigenvalue weighted by Gasteiger charge is 2.23. The van der Waals surface area contributed by atoms with Gasteiger partial charge in [-0.15, -0.1) is 0 Å². The number of unbranched alkanes of at least 4 members (excludes halogenated alkanes) is 3. The molecule has 0 saturated carbocycles. The second kappa shape index (κ2) is 11.9. The first-order chi connectivity index (χ1) is 15.1. The third-order valence-corrected chi connectivity index (χ3v) is 6.92. The lowest BCUT2D eigenvalue weighted by Crippen LogP contribution is -2.14. The zero-order valence-corrected chi connectivity index (χ0v) is 19.3. The van der Waals surface area contributed by atoms with Gasteiger partial charge in [-0.1, -0.05) is 98.9 Å². The molecule has 2 aliphatic carbocycles. The molecule has 2 atom stereocenters. The summed E-state index contributed by atoms with van der Waals surface area (Å²) >= 11 is 0. The summed E-state index contributed by atoms with van der Waals surface area (Å²) < 4.78 is 0. The Morgan fingerprint density at radius 1 is 1.00 bits per heavy atom. The van der Waals surface area contributed by atoms with E-state index in [2.05, 4.69) is 56.3 Å². The molecule has 166 valence electrons. The molecule has 0 saturated heterocycles. The van der Waals surface area contributed by atoms with Crippen LogP contribution in [0.5, 0.6) is 0 Å². The minimum Gasteiger partial charge on any atom is -0.478 e. The molecule has 2 nitrogen and oxygen atoms in total. The molecule has 1 N–H and O–H groups in total. The Morgan fingerprint density at radius 3 is 2.52 bits per heavy atom. The molecule has 0 aliphatic heterocycles.